The number of carbonyl (C=O) groups is 1. The zero-order valence-electron chi connectivity index (χ0n) is 12.4. The molecule has 6 nitrogen and oxygen atoms in total. The van der Waals surface area contributed by atoms with Crippen molar-refractivity contribution in [2.75, 3.05) is 18.4 Å². The van der Waals surface area contributed by atoms with Crippen molar-refractivity contribution in [3.8, 4) is 0 Å². The van der Waals surface area contributed by atoms with Crippen LogP contribution in [0.1, 0.15) is 30.4 Å². The summed E-state index contributed by atoms with van der Waals surface area (Å²) in [7, 11) is 0. The molecule has 0 unspecified atom stereocenters. The van der Waals surface area contributed by atoms with Crippen LogP contribution < -0.4 is 10.6 Å². The molecule has 0 spiro atoms. The second kappa shape index (κ2) is 5.90. The predicted molar refractivity (Wildman–Crippen MR) is 79.9 cm³/mol. The highest BCUT2D eigenvalue weighted by Crippen LogP contribution is 2.26. The van der Waals surface area contributed by atoms with Crippen LogP contribution in [0.3, 0.4) is 0 Å². The predicted octanol–water partition coefficient (Wildman–Crippen LogP) is 1.82. The molecule has 0 aliphatic heterocycles. The van der Waals surface area contributed by atoms with E-state index in [-0.39, 0.29) is 5.91 Å². The zero-order chi connectivity index (χ0) is 14.7. The quantitative estimate of drug-likeness (QED) is 0.727. The van der Waals surface area contributed by atoms with Gasteiger partial charge in [0.15, 0.2) is 0 Å². The Morgan fingerprint density at radius 2 is 1.95 bits per heavy atom. The summed E-state index contributed by atoms with van der Waals surface area (Å²) < 4.78 is 0. The van der Waals surface area contributed by atoms with Crippen LogP contribution >= 0.6 is 0 Å². The second-order valence-corrected chi connectivity index (χ2v) is 4.98. The first kappa shape index (κ1) is 14.3. The Bertz CT molecular complexity index is 632. The van der Waals surface area contributed by atoms with Gasteiger partial charge in [0.05, 0.1) is 5.39 Å². The maximum atomic E-state index is 10.8. The molecule has 1 amide bonds. The Balaban J connectivity index is 2.11. The number of carbonyl (C=O) groups excluding carboxylic acids is 1. The summed E-state index contributed by atoms with van der Waals surface area (Å²) >= 11 is 0. The minimum atomic E-state index is 0.00220. The van der Waals surface area contributed by atoms with Crippen LogP contribution in [0.2, 0.25) is 0 Å². The molecule has 2 aromatic rings. The average Bonchev–Trinajstić information content (AvgIpc) is 2.63. The van der Waals surface area contributed by atoms with Gasteiger partial charge in [0, 0.05) is 25.7 Å². The van der Waals surface area contributed by atoms with Gasteiger partial charge in [-0.2, -0.15) is 0 Å². The van der Waals surface area contributed by atoms with Crippen molar-refractivity contribution < 1.29 is 4.79 Å². The lowest BCUT2D eigenvalue weighted by Gasteiger charge is -2.08. The molecule has 0 aromatic carbocycles. The number of anilines is 1. The first-order chi connectivity index (χ1) is 9.49. The third kappa shape index (κ3) is 3.07. The highest BCUT2D eigenvalue weighted by atomic mass is 16.1. The maximum Gasteiger partial charge on any atom is 0.216 e. The third-order valence-corrected chi connectivity index (χ3v) is 3.28. The first-order valence-electron chi connectivity index (χ1n) is 6.81. The number of aromatic nitrogens is 3. The van der Waals surface area contributed by atoms with Gasteiger partial charge in [-0.05, 0) is 32.8 Å². The van der Waals surface area contributed by atoms with Crippen molar-refractivity contribution in [2.45, 2.75) is 34.1 Å². The van der Waals surface area contributed by atoms with Crippen molar-refractivity contribution >= 4 is 22.8 Å². The molecule has 0 bridgehead atoms. The van der Waals surface area contributed by atoms with Crippen molar-refractivity contribution in [3.63, 3.8) is 0 Å². The van der Waals surface area contributed by atoms with Crippen molar-refractivity contribution in [2.24, 2.45) is 0 Å². The highest BCUT2D eigenvalue weighted by molar-refractivity contribution is 5.91. The van der Waals surface area contributed by atoms with Crippen LogP contribution in [0.4, 0.5) is 5.82 Å². The van der Waals surface area contributed by atoms with Crippen LogP contribution in [-0.2, 0) is 4.79 Å². The lowest BCUT2D eigenvalue weighted by molar-refractivity contribution is -0.118. The van der Waals surface area contributed by atoms with Crippen molar-refractivity contribution in [3.05, 3.63) is 17.1 Å². The van der Waals surface area contributed by atoms with E-state index in [0.717, 1.165) is 41.3 Å². The Kier molecular flexibility index (Phi) is 4.22. The van der Waals surface area contributed by atoms with Gasteiger partial charge in [0.1, 0.15) is 17.3 Å². The lowest BCUT2D eigenvalue weighted by Crippen LogP contribution is -2.22. The van der Waals surface area contributed by atoms with E-state index in [2.05, 4.69) is 32.5 Å². The number of fused-ring (bicyclic) bond motifs is 1. The fourth-order valence-corrected chi connectivity index (χ4v) is 2.16. The van der Waals surface area contributed by atoms with Gasteiger partial charge < -0.3 is 15.6 Å². The molecule has 20 heavy (non-hydrogen) atoms. The fourth-order valence-electron chi connectivity index (χ4n) is 2.16. The number of aromatic amines is 1. The molecule has 0 aliphatic carbocycles. The number of H-pyrrole nitrogens is 1. The summed E-state index contributed by atoms with van der Waals surface area (Å²) in [4.78, 5) is 23.0. The van der Waals surface area contributed by atoms with Crippen molar-refractivity contribution in [1.82, 2.24) is 20.3 Å². The molecule has 108 valence electrons. The molecule has 0 aliphatic rings. The number of rotatable bonds is 5. The van der Waals surface area contributed by atoms with E-state index >= 15 is 0 Å². The summed E-state index contributed by atoms with van der Waals surface area (Å²) in [5, 5.41) is 7.16. The minimum absolute atomic E-state index is 0.00220. The van der Waals surface area contributed by atoms with E-state index < -0.39 is 0 Å². The van der Waals surface area contributed by atoms with Gasteiger partial charge in [-0.1, -0.05) is 0 Å². The number of amides is 1. The number of nitrogens with one attached hydrogen (secondary N) is 3. The van der Waals surface area contributed by atoms with E-state index in [1.54, 1.807) is 0 Å². The summed E-state index contributed by atoms with van der Waals surface area (Å²) in [6.45, 7) is 8.93. The summed E-state index contributed by atoms with van der Waals surface area (Å²) in [5.74, 6) is 1.60. The van der Waals surface area contributed by atoms with Gasteiger partial charge in [-0.25, -0.2) is 9.97 Å². The first-order valence-corrected chi connectivity index (χ1v) is 6.81. The van der Waals surface area contributed by atoms with Crippen LogP contribution in [0.25, 0.3) is 11.0 Å². The van der Waals surface area contributed by atoms with Crippen LogP contribution in [0.5, 0.6) is 0 Å². The van der Waals surface area contributed by atoms with Crippen LogP contribution in [-0.4, -0.2) is 33.9 Å². The molecule has 2 heterocycles. The molecule has 6 heteroatoms. The highest BCUT2D eigenvalue weighted by Gasteiger charge is 2.12. The number of hydrogen-bond acceptors (Lipinski definition) is 4. The second-order valence-electron chi connectivity index (χ2n) is 4.98. The Hall–Kier alpha value is -2.11. The zero-order valence-corrected chi connectivity index (χ0v) is 12.4. The van der Waals surface area contributed by atoms with Gasteiger partial charge in [-0.3, -0.25) is 4.79 Å². The largest absolute Gasteiger partial charge is 0.369 e. The lowest BCUT2D eigenvalue weighted by atomic mass is 10.2. The summed E-state index contributed by atoms with van der Waals surface area (Å²) in [6.07, 6.45) is 0.854. The molecular formula is C14H21N5O. The maximum absolute atomic E-state index is 10.8. The summed E-state index contributed by atoms with van der Waals surface area (Å²) in [5.41, 5.74) is 3.16. The normalized spacial score (nSPS) is 10.8. The van der Waals surface area contributed by atoms with Crippen LogP contribution in [0, 0.1) is 20.8 Å². The van der Waals surface area contributed by atoms with Gasteiger partial charge >= 0.3 is 0 Å². The number of nitrogens with zero attached hydrogens (tertiary/aromatic N) is 2. The van der Waals surface area contributed by atoms with Gasteiger partial charge in [0.25, 0.3) is 0 Å². The monoisotopic (exact) mass is 275 g/mol. The molecule has 0 radical (unpaired) electrons. The van der Waals surface area contributed by atoms with E-state index in [1.165, 1.54) is 12.5 Å². The van der Waals surface area contributed by atoms with E-state index in [9.17, 15) is 4.79 Å². The number of hydrogen-bond donors (Lipinski definition) is 3. The SMILES string of the molecule is CC(=O)NCCCNc1nc(C)nc2[nH]c(C)c(C)c12. The Morgan fingerprint density at radius 1 is 1.20 bits per heavy atom. The molecule has 0 fully saturated rings. The summed E-state index contributed by atoms with van der Waals surface area (Å²) in [6, 6.07) is 0. The molecule has 0 saturated carbocycles. The van der Waals surface area contributed by atoms with Gasteiger partial charge in [-0.15, -0.1) is 0 Å². The van der Waals surface area contributed by atoms with E-state index in [4.69, 9.17) is 0 Å². The Labute approximate surface area is 118 Å². The van der Waals surface area contributed by atoms with Crippen molar-refractivity contribution in [1.29, 1.82) is 0 Å². The smallest absolute Gasteiger partial charge is 0.216 e. The molecule has 2 aromatic heterocycles. The average molecular weight is 275 g/mol. The topological polar surface area (TPSA) is 82.7 Å². The molecule has 3 N–H and O–H groups in total. The van der Waals surface area contributed by atoms with Gasteiger partial charge in [0.2, 0.25) is 5.91 Å². The van der Waals surface area contributed by atoms with E-state index in [1.807, 2.05) is 13.8 Å². The Morgan fingerprint density at radius 3 is 2.65 bits per heavy atom. The molecular weight excluding hydrogens is 254 g/mol. The molecule has 2 rings (SSSR count). The third-order valence-electron chi connectivity index (χ3n) is 3.28. The minimum Gasteiger partial charge on any atom is -0.369 e. The fraction of sp³-hybridized carbons (Fsp3) is 0.500. The van der Waals surface area contributed by atoms with Crippen LogP contribution in [0.15, 0.2) is 0 Å². The van der Waals surface area contributed by atoms with E-state index in [0.29, 0.717) is 6.54 Å². The standard InChI is InChI=1S/C14H21N5O/c1-8-9(2)17-14-12(8)13(18-10(3)19-14)16-7-5-6-15-11(4)20/h5-7H2,1-4H3,(H,15,20)(H2,16,17,18,19). The molecule has 0 saturated heterocycles. The molecule has 0 atom stereocenters. The number of aryl methyl sites for hydroxylation is 3.